The fourth-order valence-electron chi connectivity index (χ4n) is 2.27. The largest absolute Gasteiger partial charge is 0.488 e. The minimum atomic E-state index is 0.135. The SMILES string of the molecule is Cc1cc(CNC(C)(C)C)cc(C)c1OCc1ccsc1. The summed E-state index contributed by atoms with van der Waals surface area (Å²) in [4.78, 5) is 0. The minimum Gasteiger partial charge on any atom is -0.488 e. The molecule has 0 saturated carbocycles. The van der Waals surface area contributed by atoms with Crippen LogP contribution in [0, 0.1) is 13.8 Å². The molecule has 1 aromatic carbocycles. The van der Waals surface area contributed by atoms with Crippen LogP contribution in [0.25, 0.3) is 0 Å². The van der Waals surface area contributed by atoms with Crippen molar-refractivity contribution in [3.05, 3.63) is 51.2 Å². The number of hydrogen-bond donors (Lipinski definition) is 1. The summed E-state index contributed by atoms with van der Waals surface area (Å²) in [5.74, 6) is 1.01. The van der Waals surface area contributed by atoms with Crippen molar-refractivity contribution in [3.63, 3.8) is 0 Å². The van der Waals surface area contributed by atoms with Gasteiger partial charge in [-0.2, -0.15) is 11.3 Å². The number of rotatable bonds is 5. The highest BCUT2D eigenvalue weighted by Gasteiger charge is 2.11. The third-order valence-electron chi connectivity index (χ3n) is 3.31. The fourth-order valence-corrected chi connectivity index (χ4v) is 2.92. The van der Waals surface area contributed by atoms with Crippen molar-refractivity contribution in [3.8, 4) is 5.75 Å². The molecule has 0 fully saturated rings. The number of aryl methyl sites for hydroxylation is 2. The fraction of sp³-hybridized carbons (Fsp3) is 0.444. The Kier molecular flexibility index (Phi) is 5.07. The smallest absolute Gasteiger partial charge is 0.125 e. The van der Waals surface area contributed by atoms with E-state index in [0.29, 0.717) is 6.61 Å². The molecule has 0 amide bonds. The molecule has 2 nitrogen and oxygen atoms in total. The Morgan fingerprint density at radius 1 is 1.10 bits per heavy atom. The Hall–Kier alpha value is -1.32. The third-order valence-corrected chi connectivity index (χ3v) is 4.04. The second-order valence-corrected chi connectivity index (χ2v) is 7.36. The molecule has 1 aromatic heterocycles. The van der Waals surface area contributed by atoms with E-state index in [-0.39, 0.29) is 5.54 Å². The van der Waals surface area contributed by atoms with Gasteiger partial charge in [0.05, 0.1) is 0 Å². The van der Waals surface area contributed by atoms with E-state index >= 15 is 0 Å². The molecule has 2 aromatic rings. The van der Waals surface area contributed by atoms with E-state index in [2.05, 4.69) is 68.9 Å². The van der Waals surface area contributed by atoms with Gasteiger partial charge in [-0.05, 0) is 73.7 Å². The molecule has 0 aliphatic rings. The molecular weight excluding hydrogens is 278 g/mol. The first-order chi connectivity index (χ1) is 9.85. The van der Waals surface area contributed by atoms with Crippen molar-refractivity contribution in [2.24, 2.45) is 0 Å². The summed E-state index contributed by atoms with van der Waals surface area (Å²) in [7, 11) is 0. The topological polar surface area (TPSA) is 21.3 Å². The highest BCUT2D eigenvalue weighted by atomic mass is 32.1. The number of nitrogens with one attached hydrogen (secondary N) is 1. The van der Waals surface area contributed by atoms with Crippen LogP contribution in [0.4, 0.5) is 0 Å². The van der Waals surface area contributed by atoms with Crippen LogP contribution in [-0.4, -0.2) is 5.54 Å². The van der Waals surface area contributed by atoms with Gasteiger partial charge in [-0.15, -0.1) is 0 Å². The van der Waals surface area contributed by atoms with E-state index in [0.717, 1.165) is 12.3 Å². The molecule has 3 heteroatoms. The second kappa shape index (κ2) is 6.63. The predicted octanol–water partition coefficient (Wildman–Crippen LogP) is 4.83. The van der Waals surface area contributed by atoms with E-state index in [9.17, 15) is 0 Å². The molecular formula is C18H25NOS. The maximum Gasteiger partial charge on any atom is 0.125 e. The first-order valence-electron chi connectivity index (χ1n) is 7.34. The van der Waals surface area contributed by atoms with Crippen LogP contribution in [0.2, 0.25) is 0 Å². The van der Waals surface area contributed by atoms with E-state index in [1.807, 2.05) is 0 Å². The summed E-state index contributed by atoms with van der Waals surface area (Å²) in [5, 5.41) is 7.74. The lowest BCUT2D eigenvalue weighted by molar-refractivity contribution is 0.302. The monoisotopic (exact) mass is 303 g/mol. The number of benzene rings is 1. The van der Waals surface area contributed by atoms with Crippen LogP contribution in [-0.2, 0) is 13.2 Å². The number of thiophene rings is 1. The molecule has 2 rings (SSSR count). The van der Waals surface area contributed by atoms with Crippen LogP contribution in [0.15, 0.2) is 29.0 Å². The van der Waals surface area contributed by atoms with Crippen molar-refractivity contribution in [2.75, 3.05) is 0 Å². The van der Waals surface area contributed by atoms with Crippen molar-refractivity contribution in [1.82, 2.24) is 5.32 Å². The number of ether oxygens (including phenoxy) is 1. The maximum absolute atomic E-state index is 6.00. The lowest BCUT2D eigenvalue weighted by Crippen LogP contribution is -2.35. The van der Waals surface area contributed by atoms with Crippen molar-refractivity contribution < 1.29 is 4.74 Å². The van der Waals surface area contributed by atoms with Gasteiger partial charge in [0.15, 0.2) is 0 Å². The maximum atomic E-state index is 6.00. The molecule has 0 bridgehead atoms. The van der Waals surface area contributed by atoms with E-state index in [1.165, 1.54) is 22.3 Å². The molecule has 0 spiro atoms. The molecule has 21 heavy (non-hydrogen) atoms. The van der Waals surface area contributed by atoms with Gasteiger partial charge in [0, 0.05) is 12.1 Å². The van der Waals surface area contributed by atoms with Crippen molar-refractivity contribution in [1.29, 1.82) is 0 Å². The normalized spacial score (nSPS) is 11.7. The van der Waals surface area contributed by atoms with Gasteiger partial charge in [0.1, 0.15) is 12.4 Å². The summed E-state index contributed by atoms with van der Waals surface area (Å²) >= 11 is 1.71. The van der Waals surface area contributed by atoms with E-state index < -0.39 is 0 Å². The molecule has 1 N–H and O–H groups in total. The van der Waals surface area contributed by atoms with Gasteiger partial charge in [-0.25, -0.2) is 0 Å². The zero-order valence-corrected chi connectivity index (χ0v) is 14.4. The van der Waals surface area contributed by atoms with E-state index in [4.69, 9.17) is 4.74 Å². The Bertz CT molecular complexity index is 559. The summed E-state index contributed by atoms with van der Waals surface area (Å²) in [6.45, 7) is 12.3. The molecule has 1 heterocycles. The Balaban J connectivity index is 2.06. The van der Waals surface area contributed by atoms with E-state index in [1.54, 1.807) is 11.3 Å². The highest BCUT2D eigenvalue weighted by Crippen LogP contribution is 2.26. The Morgan fingerprint density at radius 2 is 1.76 bits per heavy atom. The third kappa shape index (κ3) is 4.87. The molecule has 0 radical (unpaired) electrons. The van der Waals surface area contributed by atoms with Crippen LogP contribution in [0.3, 0.4) is 0 Å². The lowest BCUT2D eigenvalue weighted by atomic mass is 10.0. The summed E-state index contributed by atoms with van der Waals surface area (Å²) in [6, 6.07) is 6.54. The Morgan fingerprint density at radius 3 is 2.29 bits per heavy atom. The zero-order valence-electron chi connectivity index (χ0n) is 13.6. The average molecular weight is 303 g/mol. The first-order valence-corrected chi connectivity index (χ1v) is 8.28. The molecule has 0 unspecified atom stereocenters. The van der Waals surface area contributed by atoms with Gasteiger partial charge in [-0.1, -0.05) is 12.1 Å². The molecule has 0 aliphatic heterocycles. The predicted molar refractivity (Wildman–Crippen MR) is 91.2 cm³/mol. The average Bonchev–Trinajstić information content (AvgIpc) is 2.87. The number of hydrogen-bond acceptors (Lipinski definition) is 3. The van der Waals surface area contributed by atoms with Gasteiger partial charge >= 0.3 is 0 Å². The Labute approximate surface area is 132 Å². The van der Waals surface area contributed by atoms with Gasteiger partial charge in [0.2, 0.25) is 0 Å². The van der Waals surface area contributed by atoms with Crippen LogP contribution in [0.1, 0.15) is 43.0 Å². The molecule has 114 valence electrons. The van der Waals surface area contributed by atoms with Crippen molar-refractivity contribution >= 4 is 11.3 Å². The van der Waals surface area contributed by atoms with Crippen LogP contribution >= 0.6 is 11.3 Å². The zero-order chi connectivity index (χ0) is 15.5. The van der Waals surface area contributed by atoms with Gasteiger partial charge in [0.25, 0.3) is 0 Å². The standard InChI is InChI=1S/C18H25NOS/c1-13-8-16(10-19-18(3,4)5)9-14(2)17(13)20-11-15-6-7-21-12-15/h6-9,12,19H,10-11H2,1-5H3. The molecule has 0 aliphatic carbocycles. The minimum absolute atomic E-state index is 0.135. The van der Waals surface area contributed by atoms with Gasteiger partial charge < -0.3 is 10.1 Å². The first kappa shape index (κ1) is 16.1. The summed E-state index contributed by atoms with van der Waals surface area (Å²) in [5.41, 5.74) is 5.09. The quantitative estimate of drug-likeness (QED) is 0.854. The molecule has 0 atom stereocenters. The summed E-state index contributed by atoms with van der Waals surface area (Å²) in [6.07, 6.45) is 0. The summed E-state index contributed by atoms with van der Waals surface area (Å²) < 4.78 is 6.00. The van der Waals surface area contributed by atoms with Crippen LogP contribution < -0.4 is 10.1 Å². The second-order valence-electron chi connectivity index (χ2n) is 6.58. The molecule has 0 saturated heterocycles. The highest BCUT2D eigenvalue weighted by molar-refractivity contribution is 7.07. The van der Waals surface area contributed by atoms with Crippen molar-refractivity contribution in [2.45, 2.75) is 53.3 Å². The lowest BCUT2D eigenvalue weighted by Gasteiger charge is -2.21. The van der Waals surface area contributed by atoms with Gasteiger partial charge in [-0.3, -0.25) is 0 Å². The van der Waals surface area contributed by atoms with Crippen LogP contribution in [0.5, 0.6) is 5.75 Å².